The summed E-state index contributed by atoms with van der Waals surface area (Å²) in [4.78, 5) is 4.73. The van der Waals surface area contributed by atoms with E-state index in [1.807, 2.05) is 6.92 Å². The van der Waals surface area contributed by atoms with Crippen LogP contribution in [0.2, 0.25) is 0 Å². The van der Waals surface area contributed by atoms with Gasteiger partial charge in [0.15, 0.2) is 5.82 Å². The van der Waals surface area contributed by atoms with Crippen LogP contribution in [0.25, 0.3) is 11.0 Å². The lowest BCUT2D eigenvalue weighted by Gasteiger charge is -2.40. The van der Waals surface area contributed by atoms with Gasteiger partial charge in [-0.25, -0.2) is 9.37 Å². The molecule has 4 rings (SSSR count). The number of hydrogen-bond acceptors (Lipinski definition) is 2. The summed E-state index contributed by atoms with van der Waals surface area (Å²) in [6.45, 7) is 13.4. The molecule has 0 aliphatic heterocycles. The fraction of sp³-hybridized carbons (Fsp3) is 0.500. The zero-order chi connectivity index (χ0) is 21.6. The van der Waals surface area contributed by atoms with Gasteiger partial charge in [0.2, 0.25) is 5.95 Å². The molecule has 0 spiro atoms. The Morgan fingerprint density at radius 1 is 1.13 bits per heavy atom. The van der Waals surface area contributed by atoms with E-state index in [1.165, 1.54) is 12.0 Å². The number of nitrogens with zero attached hydrogens (tertiary/aromatic N) is 2. The van der Waals surface area contributed by atoms with Crippen molar-refractivity contribution in [1.82, 2.24) is 9.55 Å². The average Bonchev–Trinajstić information content (AvgIpc) is 2.98. The van der Waals surface area contributed by atoms with Gasteiger partial charge in [0, 0.05) is 11.7 Å². The first kappa shape index (κ1) is 20.9. The predicted molar refractivity (Wildman–Crippen MR) is 124 cm³/mol. The average molecular weight is 408 g/mol. The van der Waals surface area contributed by atoms with Crippen LogP contribution in [0, 0.1) is 24.1 Å². The lowest BCUT2D eigenvalue weighted by molar-refractivity contribution is 0.140. The molecule has 1 aliphatic carbocycles. The number of anilines is 2. The van der Waals surface area contributed by atoms with Gasteiger partial charge in [-0.15, -0.1) is 0 Å². The van der Waals surface area contributed by atoms with Gasteiger partial charge in [-0.3, -0.25) is 0 Å². The molecule has 0 bridgehead atoms. The highest BCUT2D eigenvalue weighted by Gasteiger charge is 2.35. The number of fused-ring (bicyclic) bond motifs is 1. The van der Waals surface area contributed by atoms with Gasteiger partial charge >= 0.3 is 0 Å². The molecule has 0 saturated heterocycles. The van der Waals surface area contributed by atoms with Crippen LogP contribution in [0.3, 0.4) is 0 Å². The third-order valence-electron chi connectivity index (χ3n) is 6.46. The molecule has 1 aromatic heterocycles. The topological polar surface area (TPSA) is 29.9 Å². The second kappa shape index (κ2) is 7.72. The number of benzene rings is 2. The Morgan fingerprint density at radius 3 is 2.47 bits per heavy atom. The molecule has 30 heavy (non-hydrogen) atoms. The molecule has 1 N–H and O–H groups in total. The van der Waals surface area contributed by atoms with Crippen molar-refractivity contribution in [2.75, 3.05) is 5.32 Å². The maximum atomic E-state index is 14.8. The van der Waals surface area contributed by atoms with Crippen molar-refractivity contribution in [3.05, 3.63) is 53.3 Å². The summed E-state index contributed by atoms with van der Waals surface area (Å²) < 4.78 is 17.1. The van der Waals surface area contributed by atoms with Crippen LogP contribution in [0.4, 0.5) is 16.0 Å². The molecule has 160 valence electrons. The van der Waals surface area contributed by atoms with Crippen LogP contribution >= 0.6 is 0 Å². The Labute approximate surface area is 179 Å². The first-order valence-corrected chi connectivity index (χ1v) is 11.2. The molecule has 2 aromatic carbocycles. The zero-order valence-corrected chi connectivity index (χ0v) is 19.1. The third kappa shape index (κ3) is 4.10. The highest BCUT2D eigenvalue weighted by Crippen LogP contribution is 2.46. The molecular weight excluding hydrogens is 373 g/mol. The van der Waals surface area contributed by atoms with Crippen molar-refractivity contribution >= 4 is 22.7 Å². The number of aromatic nitrogens is 2. The Morgan fingerprint density at radius 2 is 1.83 bits per heavy atom. The van der Waals surface area contributed by atoms with Crippen molar-refractivity contribution in [2.45, 2.75) is 72.8 Å². The molecule has 1 aliphatic rings. The van der Waals surface area contributed by atoms with Crippen LogP contribution in [-0.4, -0.2) is 9.55 Å². The molecule has 2 atom stereocenters. The fourth-order valence-corrected chi connectivity index (χ4v) is 5.32. The molecule has 1 heterocycles. The van der Waals surface area contributed by atoms with E-state index in [-0.39, 0.29) is 11.2 Å². The van der Waals surface area contributed by atoms with E-state index in [9.17, 15) is 4.39 Å². The smallest absolute Gasteiger partial charge is 0.208 e. The minimum Gasteiger partial charge on any atom is -0.326 e. The molecule has 1 unspecified atom stereocenters. The van der Waals surface area contributed by atoms with E-state index >= 15 is 0 Å². The monoisotopic (exact) mass is 407 g/mol. The van der Waals surface area contributed by atoms with Gasteiger partial charge in [-0.05, 0) is 78.8 Å². The molecule has 3 nitrogen and oxygen atoms in total. The van der Waals surface area contributed by atoms with Gasteiger partial charge in [-0.1, -0.05) is 46.8 Å². The van der Waals surface area contributed by atoms with Crippen molar-refractivity contribution in [2.24, 2.45) is 11.3 Å². The minimum atomic E-state index is -0.245. The highest BCUT2D eigenvalue weighted by atomic mass is 19.1. The summed E-state index contributed by atoms with van der Waals surface area (Å²) in [5.41, 5.74) is 4.82. The maximum absolute atomic E-state index is 14.8. The van der Waals surface area contributed by atoms with Gasteiger partial charge in [-0.2, -0.15) is 0 Å². The van der Waals surface area contributed by atoms with Crippen LogP contribution in [0.15, 0.2) is 36.4 Å². The van der Waals surface area contributed by atoms with Gasteiger partial charge in [0.25, 0.3) is 0 Å². The first-order chi connectivity index (χ1) is 14.1. The highest BCUT2D eigenvalue weighted by molar-refractivity contribution is 5.81. The summed E-state index contributed by atoms with van der Waals surface area (Å²) in [6, 6.07) is 12.4. The van der Waals surface area contributed by atoms with Gasteiger partial charge < -0.3 is 9.88 Å². The van der Waals surface area contributed by atoms with E-state index in [0.29, 0.717) is 23.4 Å². The quantitative estimate of drug-likeness (QED) is 0.479. The number of imidazole rings is 1. The Hall–Kier alpha value is -2.36. The van der Waals surface area contributed by atoms with E-state index < -0.39 is 0 Å². The lowest BCUT2D eigenvalue weighted by Crippen LogP contribution is -2.29. The predicted octanol–water partition coefficient (Wildman–Crippen LogP) is 7.74. The fourth-order valence-electron chi connectivity index (χ4n) is 5.32. The van der Waals surface area contributed by atoms with Crippen molar-refractivity contribution < 1.29 is 4.39 Å². The SMILES string of the molecule is Cc1cc(F)c2nc(Nc3ccc(C(C)C)cc3)n(C3C[C@H](C)CC(C)(C)C3)c2c1. The second-order valence-electron chi connectivity index (χ2n) is 10.4. The maximum Gasteiger partial charge on any atom is 0.208 e. The van der Waals surface area contributed by atoms with Crippen LogP contribution < -0.4 is 5.32 Å². The van der Waals surface area contributed by atoms with Crippen molar-refractivity contribution in [1.29, 1.82) is 0 Å². The zero-order valence-electron chi connectivity index (χ0n) is 19.1. The summed E-state index contributed by atoms with van der Waals surface area (Å²) in [5, 5.41) is 3.50. The Bertz CT molecular complexity index is 1050. The summed E-state index contributed by atoms with van der Waals surface area (Å²) in [7, 11) is 0. The van der Waals surface area contributed by atoms with E-state index in [4.69, 9.17) is 4.98 Å². The van der Waals surface area contributed by atoms with Crippen molar-refractivity contribution in [3.8, 4) is 0 Å². The number of hydrogen-bond donors (Lipinski definition) is 1. The van der Waals surface area contributed by atoms with Crippen LogP contribution in [0.1, 0.15) is 77.0 Å². The van der Waals surface area contributed by atoms with Crippen molar-refractivity contribution in [3.63, 3.8) is 0 Å². The second-order valence-corrected chi connectivity index (χ2v) is 10.4. The number of aryl methyl sites for hydroxylation is 1. The molecule has 0 radical (unpaired) electrons. The van der Waals surface area contributed by atoms with Gasteiger partial charge in [0.05, 0.1) is 5.52 Å². The lowest BCUT2D eigenvalue weighted by atomic mass is 9.70. The summed E-state index contributed by atoms with van der Waals surface area (Å²) in [5.74, 6) is 1.61. The Kier molecular flexibility index (Phi) is 5.37. The summed E-state index contributed by atoms with van der Waals surface area (Å²) >= 11 is 0. The van der Waals surface area contributed by atoms with Crippen LogP contribution in [-0.2, 0) is 0 Å². The molecule has 1 saturated carbocycles. The molecular formula is C26H34FN3. The van der Waals surface area contributed by atoms with E-state index in [1.54, 1.807) is 6.07 Å². The number of halogens is 1. The standard InChI is InChI=1S/C26H34FN3/c1-16(2)19-7-9-20(10-8-19)28-25-29-24-22(27)12-17(3)13-23(24)30(25)21-11-18(4)14-26(5,6)15-21/h7-10,12-13,16,18,21H,11,14-15H2,1-6H3,(H,28,29)/t18-,21?/m0/s1. The molecule has 3 aromatic rings. The molecule has 4 heteroatoms. The minimum absolute atomic E-state index is 0.245. The van der Waals surface area contributed by atoms with E-state index in [2.05, 4.69) is 74.8 Å². The van der Waals surface area contributed by atoms with E-state index in [0.717, 1.165) is 35.6 Å². The third-order valence-corrected chi connectivity index (χ3v) is 6.46. The number of rotatable bonds is 4. The molecule has 1 fully saturated rings. The van der Waals surface area contributed by atoms with Gasteiger partial charge in [0.1, 0.15) is 5.52 Å². The first-order valence-electron chi connectivity index (χ1n) is 11.2. The Balaban J connectivity index is 1.80. The number of nitrogens with one attached hydrogen (secondary N) is 1. The molecule has 0 amide bonds. The van der Waals surface area contributed by atoms with Crippen LogP contribution in [0.5, 0.6) is 0 Å². The summed E-state index contributed by atoms with van der Waals surface area (Å²) in [6.07, 6.45) is 3.38. The normalized spacial score (nSPS) is 21.3. The largest absolute Gasteiger partial charge is 0.326 e.